The molecule has 2 nitrogen and oxygen atoms in total. The van der Waals surface area contributed by atoms with Crippen LogP contribution in [-0.2, 0) is 0 Å². The summed E-state index contributed by atoms with van der Waals surface area (Å²) in [5.74, 6) is 0. The van der Waals surface area contributed by atoms with Crippen LogP contribution in [0.25, 0.3) is 0 Å². The number of benzene rings is 2. The van der Waals surface area contributed by atoms with Gasteiger partial charge in [0.15, 0.2) is 0 Å². The third kappa shape index (κ3) is 2.81. The lowest BCUT2D eigenvalue weighted by molar-refractivity contribution is 0.823. The minimum Gasteiger partial charge on any atom is -0.264 e. The van der Waals surface area contributed by atoms with E-state index in [2.05, 4.69) is 65.8 Å². The molecule has 0 atom stereocenters. The van der Waals surface area contributed by atoms with E-state index >= 15 is 0 Å². The van der Waals surface area contributed by atoms with Crippen LogP contribution in [0.2, 0.25) is 0 Å². The van der Waals surface area contributed by atoms with Gasteiger partial charge in [-0.05, 0) is 60.7 Å². The SMILES string of the molecule is Brc1ccc(N(c2ccc(Br)cc2)n2cccc2)cc1. The average Bonchev–Trinajstić information content (AvgIpc) is 2.97. The van der Waals surface area contributed by atoms with E-state index in [1.165, 1.54) is 0 Å². The number of aromatic nitrogens is 1. The Hall–Kier alpha value is -1.52. The van der Waals surface area contributed by atoms with Crippen LogP contribution < -0.4 is 5.01 Å². The van der Waals surface area contributed by atoms with Gasteiger partial charge in [0.25, 0.3) is 0 Å². The van der Waals surface area contributed by atoms with Crippen LogP contribution >= 0.6 is 31.9 Å². The second kappa shape index (κ2) is 5.85. The molecule has 4 heteroatoms. The first-order valence-corrected chi connectivity index (χ1v) is 7.77. The number of hydrogen-bond donors (Lipinski definition) is 0. The van der Waals surface area contributed by atoms with Gasteiger partial charge in [0.05, 0.1) is 11.4 Å². The highest BCUT2D eigenvalue weighted by molar-refractivity contribution is 9.10. The molecule has 0 saturated heterocycles. The van der Waals surface area contributed by atoms with Crippen molar-refractivity contribution in [1.29, 1.82) is 0 Å². The van der Waals surface area contributed by atoms with Crippen molar-refractivity contribution in [2.75, 3.05) is 5.01 Å². The maximum atomic E-state index is 3.48. The summed E-state index contributed by atoms with van der Waals surface area (Å²) in [5, 5.41) is 2.15. The summed E-state index contributed by atoms with van der Waals surface area (Å²) in [4.78, 5) is 0. The molecule has 1 aromatic heterocycles. The second-order valence-corrected chi connectivity index (χ2v) is 6.16. The number of hydrogen-bond acceptors (Lipinski definition) is 1. The molecular weight excluding hydrogens is 380 g/mol. The predicted octanol–water partition coefficient (Wildman–Crippen LogP) is 5.61. The Morgan fingerprint density at radius 3 is 1.45 bits per heavy atom. The zero-order chi connectivity index (χ0) is 13.9. The van der Waals surface area contributed by atoms with Crippen molar-refractivity contribution < 1.29 is 0 Å². The maximum absolute atomic E-state index is 3.48. The molecule has 0 aliphatic carbocycles. The molecule has 0 radical (unpaired) electrons. The fourth-order valence-corrected chi connectivity index (χ4v) is 2.57. The normalized spacial score (nSPS) is 10.5. The quantitative estimate of drug-likeness (QED) is 0.562. The van der Waals surface area contributed by atoms with Crippen LogP contribution in [0.15, 0.2) is 82.0 Å². The molecule has 20 heavy (non-hydrogen) atoms. The van der Waals surface area contributed by atoms with Crippen LogP contribution in [0.4, 0.5) is 11.4 Å². The Bertz CT molecular complexity index is 628. The second-order valence-electron chi connectivity index (χ2n) is 4.33. The van der Waals surface area contributed by atoms with E-state index in [9.17, 15) is 0 Å². The van der Waals surface area contributed by atoms with E-state index in [0.29, 0.717) is 0 Å². The van der Waals surface area contributed by atoms with Gasteiger partial charge in [-0.3, -0.25) is 9.69 Å². The molecule has 100 valence electrons. The first-order valence-electron chi connectivity index (χ1n) is 6.18. The van der Waals surface area contributed by atoms with E-state index in [-0.39, 0.29) is 0 Å². The molecule has 3 rings (SSSR count). The largest absolute Gasteiger partial charge is 0.264 e. The Labute approximate surface area is 134 Å². The molecule has 2 aromatic carbocycles. The monoisotopic (exact) mass is 390 g/mol. The fourth-order valence-electron chi connectivity index (χ4n) is 2.04. The minimum absolute atomic E-state index is 1.07. The van der Waals surface area contributed by atoms with Gasteiger partial charge in [-0.1, -0.05) is 31.9 Å². The van der Waals surface area contributed by atoms with E-state index in [1.54, 1.807) is 0 Å². The maximum Gasteiger partial charge on any atom is 0.0637 e. The molecule has 0 fully saturated rings. The number of rotatable bonds is 3. The molecule has 3 aromatic rings. The Kier molecular flexibility index (Phi) is 3.94. The molecule has 0 saturated carbocycles. The third-order valence-corrected chi connectivity index (χ3v) is 4.02. The summed E-state index contributed by atoms with van der Waals surface area (Å²) in [6.45, 7) is 0. The predicted molar refractivity (Wildman–Crippen MR) is 90.3 cm³/mol. The Balaban J connectivity index is 2.09. The Morgan fingerprint density at radius 1 is 0.650 bits per heavy atom. The molecule has 0 bridgehead atoms. The fraction of sp³-hybridized carbons (Fsp3) is 0. The van der Waals surface area contributed by atoms with Gasteiger partial charge in [-0.15, -0.1) is 0 Å². The van der Waals surface area contributed by atoms with Gasteiger partial charge in [-0.2, -0.15) is 0 Å². The molecule has 0 unspecified atom stereocenters. The molecule has 1 heterocycles. The van der Waals surface area contributed by atoms with Gasteiger partial charge in [0, 0.05) is 21.3 Å². The number of nitrogens with zero attached hydrogens (tertiary/aromatic N) is 2. The van der Waals surface area contributed by atoms with Crippen molar-refractivity contribution in [3.63, 3.8) is 0 Å². The van der Waals surface area contributed by atoms with Crippen molar-refractivity contribution in [2.45, 2.75) is 0 Å². The van der Waals surface area contributed by atoms with E-state index < -0.39 is 0 Å². The smallest absolute Gasteiger partial charge is 0.0637 e. The summed E-state index contributed by atoms with van der Waals surface area (Å²) >= 11 is 6.96. The summed E-state index contributed by atoms with van der Waals surface area (Å²) < 4.78 is 4.21. The highest BCUT2D eigenvalue weighted by Gasteiger charge is 2.10. The molecule has 0 amide bonds. The first-order chi connectivity index (χ1) is 9.74. The van der Waals surface area contributed by atoms with Crippen LogP contribution in [0, 0.1) is 0 Å². The van der Waals surface area contributed by atoms with Crippen molar-refractivity contribution >= 4 is 43.2 Å². The van der Waals surface area contributed by atoms with Crippen LogP contribution in [-0.4, -0.2) is 4.68 Å². The summed E-state index contributed by atoms with van der Waals surface area (Å²) in [5.41, 5.74) is 2.21. The van der Waals surface area contributed by atoms with Gasteiger partial charge in [-0.25, -0.2) is 0 Å². The van der Waals surface area contributed by atoms with E-state index in [0.717, 1.165) is 20.3 Å². The lowest BCUT2D eigenvalue weighted by Crippen LogP contribution is -2.22. The van der Waals surface area contributed by atoms with Crippen LogP contribution in [0.5, 0.6) is 0 Å². The molecule has 0 aliphatic rings. The topological polar surface area (TPSA) is 8.17 Å². The van der Waals surface area contributed by atoms with E-state index in [1.807, 2.05) is 48.8 Å². The molecule has 0 spiro atoms. The third-order valence-electron chi connectivity index (χ3n) is 2.96. The number of halogens is 2. The summed E-state index contributed by atoms with van der Waals surface area (Å²) in [7, 11) is 0. The van der Waals surface area contributed by atoms with Gasteiger partial charge in [0.1, 0.15) is 0 Å². The Morgan fingerprint density at radius 2 is 1.05 bits per heavy atom. The van der Waals surface area contributed by atoms with Gasteiger partial charge in [0.2, 0.25) is 0 Å². The van der Waals surface area contributed by atoms with Crippen LogP contribution in [0.3, 0.4) is 0 Å². The van der Waals surface area contributed by atoms with Gasteiger partial charge < -0.3 is 0 Å². The van der Waals surface area contributed by atoms with Crippen molar-refractivity contribution in [3.05, 3.63) is 82.0 Å². The van der Waals surface area contributed by atoms with Crippen molar-refractivity contribution in [1.82, 2.24) is 4.68 Å². The standard InChI is InChI=1S/C16H12Br2N2/c17-13-3-7-15(8-4-13)20(19-11-1-2-12-19)16-9-5-14(18)6-10-16/h1-12H. The zero-order valence-electron chi connectivity index (χ0n) is 10.6. The van der Waals surface area contributed by atoms with E-state index in [4.69, 9.17) is 0 Å². The minimum atomic E-state index is 1.07. The first kappa shape index (κ1) is 13.5. The molecule has 0 N–H and O–H groups in total. The highest BCUT2D eigenvalue weighted by Crippen LogP contribution is 2.28. The lowest BCUT2D eigenvalue weighted by atomic mass is 10.2. The van der Waals surface area contributed by atoms with Crippen LogP contribution in [0.1, 0.15) is 0 Å². The average molecular weight is 392 g/mol. The highest BCUT2D eigenvalue weighted by atomic mass is 79.9. The summed E-state index contributed by atoms with van der Waals surface area (Å²) in [6.07, 6.45) is 4.06. The summed E-state index contributed by atoms with van der Waals surface area (Å²) in [6, 6.07) is 20.6. The number of anilines is 2. The van der Waals surface area contributed by atoms with Crippen molar-refractivity contribution in [2.24, 2.45) is 0 Å². The molecule has 0 aliphatic heterocycles. The van der Waals surface area contributed by atoms with Gasteiger partial charge >= 0.3 is 0 Å². The van der Waals surface area contributed by atoms with Crippen molar-refractivity contribution in [3.8, 4) is 0 Å². The lowest BCUT2D eigenvalue weighted by Gasteiger charge is -2.26. The molecular formula is C16H12Br2N2. The zero-order valence-corrected chi connectivity index (χ0v) is 13.8.